The van der Waals surface area contributed by atoms with Crippen molar-refractivity contribution in [2.24, 2.45) is 0 Å². The van der Waals surface area contributed by atoms with Crippen LogP contribution < -0.4 is 11.4 Å². The lowest BCUT2D eigenvalue weighted by molar-refractivity contribution is -0.160. The van der Waals surface area contributed by atoms with Gasteiger partial charge in [-0.15, -0.1) is 0 Å². The van der Waals surface area contributed by atoms with Crippen molar-refractivity contribution < 1.29 is 23.5 Å². The van der Waals surface area contributed by atoms with E-state index < -0.39 is 29.4 Å². The van der Waals surface area contributed by atoms with E-state index in [0.717, 1.165) is 4.57 Å². The van der Waals surface area contributed by atoms with E-state index in [1.54, 1.807) is 26.0 Å². The van der Waals surface area contributed by atoms with Crippen molar-refractivity contribution in [2.45, 2.75) is 19.9 Å². The number of esters is 2. The van der Waals surface area contributed by atoms with Gasteiger partial charge in [0.1, 0.15) is 0 Å². The van der Waals surface area contributed by atoms with Gasteiger partial charge in [0.15, 0.2) is 0 Å². The quantitative estimate of drug-likeness (QED) is 0.587. The fraction of sp³-hybridized carbons (Fsp3) is 0.333. The number of hydrogen-bond acceptors (Lipinski definition) is 7. The van der Waals surface area contributed by atoms with Gasteiger partial charge in [-0.25, -0.2) is 19.2 Å². The summed E-state index contributed by atoms with van der Waals surface area (Å²) < 4.78 is 15.0. The van der Waals surface area contributed by atoms with Crippen LogP contribution in [0.2, 0.25) is 0 Å². The fourth-order valence-corrected chi connectivity index (χ4v) is 2.13. The van der Waals surface area contributed by atoms with Crippen LogP contribution in [0.1, 0.15) is 19.9 Å². The first-order valence-electron chi connectivity index (χ1n) is 6.98. The van der Waals surface area contributed by atoms with Crippen molar-refractivity contribution in [1.29, 1.82) is 0 Å². The summed E-state index contributed by atoms with van der Waals surface area (Å²) in [6.45, 7) is 3.15. The minimum absolute atomic E-state index is 0.0121. The molecule has 0 aliphatic heterocycles. The topological polar surface area (TPSA) is 105 Å². The van der Waals surface area contributed by atoms with Gasteiger partial charge < -0.3 is 13.9 Å². The summed E-state index contributed by atoms with van der Waals surface area (Å²) in [7, 11) is 0. The van der Waals surface area contributed by atoms with Crippen LogP contribution in [0.15, 0.2) is 38.3 Å². The highest BCUT2D eigenvalue weighted by Crippen LogP contribution is 2.16. The Kier molecular flexibility index (Phi) is 4.95. The molecule has 0 amide bonds. The predicted octanol–water partition coefficient (Wildman–Crippen LogP) is 0.622. The summed E-state index contributed by atoms with van der Waals surface area (Å²) in [6.07, 6.45) is 0. The number of carbonyl (C=O) groups is 2. The number of nitrogens with zero attached hydrogens (tertiary/aromatic N) is 1. The summed E-state index contributed by atoms with van der Waals surface area (Å²) in [6, 6.07) is 4.29. The summed E-state index contributed by atoms with van der Waals surface area (Å²) in [5.41, 5.74) is -0.770. The highest BCUT2D eigenvalue weighted by Gasteiger charge is 2.34. The van der Waals surface area contributed by atoms with Gasteiger partial charge in [0.05, 0.1) is 24.1 Å². The Morgan fingerprint density at radius 3 is 2.22 bits per heavy atom. The lowest BCUT2D eigenvalue weighted by atomic mass is 10.2. The number of benzene rings is 1. The molecule has 1 aromatic carbocycles. The smallest absolute Gasteiger partial charge is 0.423 e. The molecule has 0 aliphatic rings. The van der Waals surface area contributed by atoms with Gasteiger partial charge >= 0.3 is 23.3 Å². The maximum Gasteiger partial charge on any atom is 0.423 e. The molecular formula is C15H15NO7. The zero-order valence-electron chi connectivity index (χ0n) is 12.6. The zero-order chi connectivity index (χ0) is 17.0. The maximum atomic E-state index is 12.1. The maximum absolute atomic E-state index is 12.1. The molecule has 23 heavy (non-hydrogen) atoms. The third-order valence-corrected chi connectivity index (χ3v) is 3.04. The third kappa shape index (κ3) is 3.15. The summed E-state index contributed by atoms with van der Waals surface area (Å²) in [5.74, 6) is -3.07. The van der Waals surface area contributed by atoms with Crippen LogP contribution in [0.5, 0.6) is 0 Å². The number of para-hydroxylation sites is 1. The first-order chi connectivity index (χ1) is 11.0. The number of hydrogen-bond donors (Lipinski definition) is 0. The van der Waals surface area contributed by atoms with Crippen molar-refractivity contribution in [3.8, 4) is 0 Å². The third-order valence-electron chi connectivity index (χ3n) is 3.04. The van der Waals surface area contributed by atoms with Gasteiger partial charge in [0.2, 0.25) is 6.04 Å². The average Bonchev–Trinajstić information content (AvgIpc) is 2.51. The number of ether oxygens (including phenoxy) is 2. The first-order valence-corrected chi connectivity index (χ1v) is 6.98. The molecule has 1 heterocycles. The molecule has 0 saturated heterocycles. The zero-order valence-corrected chi connectivity index (χ0v) is 12.6. The predicted molar refractivity (Wildman–Crippen MR) is 79.0 cm³/mol. The normalized spacial score (nSPS) is 10.7. The molecule has 0 radical (unpaired) electrons. The molecule has 122 valence electrons. The molecule has 0 atom stereocenters. The first kappa shape index (κ1) is 16.5. The number of carbonyl (C=O) groups excluding carboxylic acids is 2. The lowest BCUT2D eigenvalue weighted by Crippen LogP contribution is -2.38. The van der Waals surface area contributed by atoms with Gasteiger partial charge in [0, 0.05) is 0 Å². The number of aromatic nitrogens is 1. The Morgan fingerprint density at radius 2 is 1.65 bits per heavy atom. The van der Waals surface area contributed by atoms with E-state index >= 15 is 0 Å². The molecule has 8 heteroatoms. The van der Waals surface area contributed by atoms with Gasteiger partial charge in [-0.05, 0) is 26.0 Å². The summed E-state index contributed by atoms with van der Waals surface area (Å²) >= 11 is 0. The van der Waals surface area contributed by atoms with Gasteiger partial charge in [-0.3, -0.25) is 4.57 Å². The van der Waals surface area contributed by atoms with E-state index in [0.29, 0.717) is 0 Å². The molecule has 2 aromatic rings. The van der Waals surface area contributed by atoms with Gasteiger partial charge in [0.25, 0.3) is 0 Å². The van der Waals surface area contributed by atoms with Crippen LogP contribution in [0, 0.1) is 0 Å². The number of rotatable bonds is 5. The van der Waals surface area contributed by atoms with E-state index in [1.807, 2.05) is 0 Å². The van der Waals surface area contributed by atoms with Crippen LogP contribution in [0.4, 0.5) is 0 Å². The highest BCUT2D eigenvalue weighted by molar-refractivity contribution is 5.98. The lowest BCUT2D eigenvalue weighted by Gasteiger charge is -2.17. The Balaban J connectivity index is 2.75. The average molecular weight is 321 g/mol. The van der Waals surface area contributed by atoms with Crippen molar-refractivity contribution in [1.82, 2.24) is 4.57 Å². The van der Waals surface area contributed by atoms with Crippen molar-refractivity contribution in [3.05, 3.63) is 45.2 Å². The van der Waals surface area contributed by atoms with Gasteiger partial charge in [-0.2, -0.15) is 0 Å². The molecule has 0 fully saturated rings. The summed E-state index contributed by atoms with van der Waals surface area (Å²) in [5, 5.41) is 0.0608. The Labute approximate surface area is 130 Å². The minimum Gasteiger partial charge on any atom is -0.464 e. The van der Waals surface area contributed by atoms with Crippen LogP contribution in [0.25, 0.3) is 10.9 Å². The standard InChI is InChI=1S/C15H15NO7/c1-3-21-13(18)11(14(19)22-4-2)16-10-8-6-5-7-9(10)12(17)23-15(16)20/h5-8,11H,3-4H2,1-2H3. The molecule has 0 spiro atoms. The Bertz CT molecular complexity index is 831. The molecule has 0 N–H and O–H groups in total. The molecule has 0 saturated carbocycles. The second kappa shape index (κ2) is 6.91. The van der Waals surface area contributed by atoms with Crippen LogP contribution in [0.3, 0.4) is 0 Å². The number of fused-ring (bicyclic) bond motifs is 1. The van der Waals surface area contributed by atoms with Crippen LogP contribution in [-0.2, 0) is 19.1 Å². The molecule has 8 nitrogen and oxygen atoms in total. The minimum atomic E-state index is -1.68. The summed E-state index contributed by atoms with van der Waals surface area (Å²) in [4.78, 5) is 48.1. The second-order valence-electron chi connectivity index (χ2n) is 4.45. The Hall–Kier alpha value is -2.90. The van der Waals surface area contributed by atoms with Crippen molar-refractivity contribution in [2.75, 3.05) is 13.2 Å². The van der Waals surface area contributed by atoms with E-state index in [-0.39, 0.29) is 24.1 Å². The van der Waals surface area contributed by atoms with Crippen LogP contribution in [-0.4, -0.2) is 29.7 Å². The SMILES string of the molecule is CCOC(=O)C(C(=O)OCC)n1c(=O)oc(=O)c2ccccc21. The van der Waals surface area contributed by atoms with E-state index in [2.05, 4.69) is 4.42 Å². The second-order valence-corrected chi connectivity index (χ2v) is 4.45. The highest BCUT2D eigenvalue weighted by atomic mass is 16.6. The Morgan fingerprint density at radius 1 is 1.09 bits per heavy atom. The monoisotopic (exact) mass is 321 g/mol. The molecule has 1 aromatic heterocycles. The molecule has 2 rings (SSSR count). The van der Waals surface area contributed by atoms with E-state index in [1.165, 1.54) is 12.1 Å². The van der Waals surface area contributed by atoms with Crippen LogP contribution >= 0.6 is 0 Å². The largest absolute Gasteiger partial charge is 0.464 e. The molecule has 0 bridgehead atoms. The molecule has 0 unspecified atom stereocenters. The van der Waals surface area contributed by atoms with Gasteiger partial charge in [-0.1, -0.05) is 12.1 Å². The van der Waals surface area contributed by atoms with E-state index in [9.17, 15) is 19.2 Å². The van der Waals surface area contributed by atoms with Crippen molar-refractivity contribution in [3.63, 3.8) is 0 Å². The molecule has 0 aliphatic carbocycles. The molecular weight excluding hydrogens is 306 g/mol. The fourth-order valence-electron chi connectivity index (χ4n) is 2.13. The van der Waals surface area contributed by atoms with E-state index in [4.69, 9.17) is 9.47 Å². The van der Waals surface area contributed by atoms with Crippen molar-refractivity contribution >= 4 is 22.8 Å².